The summed E-state index contributed by atoms with van der Waals surface area (Å²) >= 11 is 1.77. The number of aliphatic imine (C=N–C) groups is 1. The van der Waals surface area contributed by atoms with Crippen molar-refractivity contribution in [2.75, 3.05) is 20.1 Å². The molecule has 6 heteroatoms. The van der Waals surface area contributed by atoms with Crippen molar-refractivity contribution in [2.24, 2.45) is 16.8 Å². The van der Waals surface area contributed by atoms with E-state index in [0.717, 1.165) is 48.1 Å². The summed E-state index contributed by atoms with van der Waals surface area (Å²) in [4.78, 5) is 12.7. The molecule has 1 aromatic rings. The number of halogens is 1. The van der Waals surface area contributed by atoms with Gasteiger partial charge in [0.05, 0.1) is 12.2 Å². The molecule has 0 radical (unpaired) electrons. The van der Waals surface area contributed by atoms with Crippen LogP contribution in [0.25, 0.3) is 0 Å². The van der Waals surface area contributed by atoms with E-state index in [9.17, 15) is 0 Å². The van der Waals surface area contributed by atoms with Crippen LogP contribution in [0.5, 0.6) is 0 Å². The van der Waals surface area contributed by atoms with E-state index in [1.807, 2.05) is 7.05 Å². The van der Waals surface area contributed by atoms with Crippen LogP contribution in [-0.4, -0.2) is 36.0 Å². The predicted octanol–water partition coefficient (Wildman–Crippen LogP) is 3.43. The zero-order chi connectivity index (χ0) is 14.7. The van der Waals surface area contributed by atoms with E-state index in [1.54, 1.807) is 11.3 Å². The second-order valence-electron chi connectivity index (χ2n) is 6.00. The Balaban J connectivity index is 0.00000220. The van der Waals surface area contributed by atoms with Gasteiger partial charge in [0.2, 0.25) is 0 Å². The van der Waals surface area contributed by atoms with E-state index in [-0.39, 0.29) is 24.0 Å². The Morgan fingerprint density at radius 1 is 1.33 bits per heavy atom. The monoisotopic (exact) mass is 422 g/mol. The van der Waals surface area contributed by atoms with Gasteiger partial charge in [-0.2, -0.15) is 0 Å². The number of hydrogen-bond acceptors (Lipinski definition) is 3. The first-order valence-electron chi connectivity index (χ1n) is 7.38. The highest BCUT2D eigenvalue weighted by atomic mass is 127. The van der Waals surface area contributed by atoms with Crippen LogP contribution in [-0.2, 0) is 6.54 Å². The van der Waals surface area contributed by atoms with Crippen LogP contribution < -0.4 is 5.32 Å². The van der Waals surface area contributed by atoms with Crippen LogP contribution >= 0.6 is 35.3 Å². The molecule has 1 aliphatic heterocycles. The number of likely N-dealkylation sites (tertiary alicyclic amines) is 1. The third kappa shape index (κ3) is 5.09. The minimum atomic E-state index is 0. The SMILES string of the molecule is CN=C(NCc1nc(C)c(C)s1)N1CC(C)CC(C)C1.I. The Kier molecular flexibility index (Phi) is 7.39. The van der Waals surface area contributed by atoms with Crippen molar-refractivity contribution < 1.29 is 0 Å². The second-order valence-corrected chi connectivity index (χ2v) is 7.29. The molecule has 120 valence electrons. The zero-order valence-corrected chi connectivity index (χ0v) is 16.8. The van der Waals surface area contributed by atoms with Crippen molar-refractivity contribution in [3.8, 4) is 0 Å². The molecule has 1 saturated heterocycles. The van der Waals surface area contributed by atoms with Gasteiger partial charge in [0.15, 0.2) is 5.96 Å². The van der Waals surface area contributed by atoms with Crippen LogP contribution in [0.3, 0.4) is 0 Å². The number of piperidine rings is 1. The molecule has 4 nitrogen and oxygen atoms in total. The Labute approximate surface area is 149 Å². The first-order chi connectivity index (χ1) is 9.49. The quantitative estimate of drug-likeness (QED) is 0.451. The molecule has 21 heavy (non-hydrogen) atoms. The average Bonchev–Trinajstić information content (AvgIpc) is 2.68. The Morgan fingerprint density at radius 2 is 1.95 bits per heavy atom. The van der Waals surface area contributed by atoms with Crippen molar-refractivity contribution in [3.05, 3.63) is 15.6 Å². The number of guanidine groups is 1. The highest BCUT2D eigenvalue weighted by Gasteiger charge is 2.24. The molecule has 2 heterocycles. The lowest BCUT2D eigenvalue weighted by Crippen LogP contribution is -2.48. The molecule has 0 aromatic carbocycles. The topological polar surface area (TPSA) is 40.5 Å². The summed E-state index contributed by atoms with van der Waals surface area (Å²) in [7, 11) is 1.87. The van der Waals surface area contributed by atoms with Crippen molar-refractivity contribution in [3.63, 3.8) is 0 Å². The fourth-order valence-electron chi connectivity index (χ4n) is 2.94. The number of aromatic nitrogens is 1. The van der Waals surface area contributed by atoms with Crippen LogP contribution in [0, 0.1) is 25.7 Å². The van der Waals surface area contributed by atoms with Gasteiger partial charge in [-0.1, -0.05) is 13.8 Å². The summed E-state index contributed by atoms with van der Waals surface area (Å²) in [6.45, 7) is 11.8. The van der Waals surface area contributed by atoms with Gasteiger partial charge in [-0.25, -0.2) is 4.98 Å². The lowest BCUT2D eigenvalue weighted by atomic mass is 9.92. The maximum atomic E-state index is 4.57. The molecule has 0 aliphatic carbocycles. The molecule has 1 aliphatic rings. The first kappa shape index (κ1) is 18.7. The van der Waals surface area contributed by atoms with E-state index >= 15 is 0 Å². The summed E-state index contributed by atoms with van der Waals surface area (Å²) in [5.41, 5.74) is 1.14. The van der Waals surface area contributed by atoms with Crippen molar-refractivity contribution in [2.45, 2.75) is 40.7 Å². The molecule has 1 fully saturated rings. The van der Waals surface area contributed by atoms with Crippen LogP contribution in [0.1, 0.15) is 35.8 Å². The van der Waals surface area contributed by atoms with E-state index in [1.165, 1.54) is 11.3 Å². The van der Waals surface area contributed by atoms with Gasteiger partial charge in [0.1, 0.15) is 5.01 Å². The number of nitrogens with one attached hydrogen (secondary N) is 1. The molecule has 0 spiro atoms. The first-order valence-corrected chi connectivity index (χ1v) is 8.19. The summed E-state index contributed by atoms with van der Waals surface area (Å²) < 4.78 is 0. The van der Waals surface area contributed by atoms with Gasteiger partial charge < -0.3 is 10.2 Å². The smallest absolute Gasteiger partial charge is 0.194 e. The summed E-state index contributed by atoms with van der Waals surface area (Å²) in [6.07, 6.45) is 1.32. The third-order valence-electron chi connectivity index (χ3n) is 3.85. The fraction of sp³-hybridized carbons (Fsp3) is 0.733. The van der Waals surface area contributed by atoms with Crippen molar-refractivity contribution >= 4 is 41.3 Å². The van der Waals surface area contributed by atoms with Gasteiger partial charge in [-0.3, -0.25) is 4.99 Å². The van der Waals surface area contributed by atoms with Crippen LogP contribution in [0.4, 0.5) is 0 Å². The van der Waals surface area contributed by atoms with Crippen molar-refractivity contribution in [1.82, 2.24) is 15.2 Å². The molecule has 1 N–H and O–H groups in total. The minimum absolute atomic E-state index is 0. The van der Waals surface area contributed by atoms with Crippen molar-refractivity contribution in [1.29, 1.82) is 0 Å². The lowest BCUT2D eigenvalue weighted by Gasteiger charge is -2.37. The summed E-state index contributed by atoms with van der Waals surface area (Å²) in [5.74, 6) is 2.48. The van der Waals surface area contributed by atoms with Gasteiger partial charge in [-0.05, 0) is 32.1 Å². The molecular formula is C15H27IN4S. The minimum Gasteiger partial charge on any atom is -0.350 e. The van der Waals surface area contributed by atoms with Gasteiger partial charge in [-0.15, -0.1) is 35.3 Å². The van der Waals surface area contributed by atoms with Gasteiger partial charge in [0.25, 0.3) is 0 Å². The normalized spacial score (nSPS) is 22.9. The average molecular weight is 422 g/mol. The van der Waals surface area contributed by atoms with Crippen LogP contribution in [0.2, 0.25) is 0 Å². The molecule has 0 bridgehead atoms. The van der Waals surface area contributed by atoms with E-state index in [4.69, 9.17) is 0 Å². The molecule has 2 atom stereocenters. The Bertz CT molecular complexity index is 457. The van der Waals surface area contributed by atoms with E-state index in [0.29, 0.717) is 0 Å². The summed E-state index contributed by atoms with van der Waals surface area (Å²) in [6, 6.07) is 0. The maximum absolute atomic E-state index is 4.57. The molecule has 1 aromatic heterocycles. The molecule has 2 rings (SSSR count). The fourth-order valence-corrected chi connectivity index (χ4v) is 3.81. The zero-order valence-electron chi connectivity index (χ0n) is 13.6. The number of nitrogens with zero attached hydrogens (tertiary/aromatic N) is 3. The largest absolute Gasteiger partial charge is 0.350 e. The molecule has 2 unspecified atom stereocenters. The molecule has 0 saturated carbocycles. The number of thiazole rings is 1. The second kappa shape index (κ2) is 8.31. The Morgan fingerprint density at radius 3 is 2.43 bits per heavy atom. The highest BCUT2D eigenvalue weighted by Crippen LogP contribution is 2.21. The predicted molar refractivity (Wildman–Crippen MR) is 102 cm³/mol. The van der Waals surface area contributed by atoms with Crippen LogP contribution in [0.15, 0.2) is 4.99 Å². The Hall–Kier alpha value is -0.370. The van der Waals surface area contributed by atoms with E-state index < -0.39 is 0 Å². The molecular weight excluding hydrogens is 395 g/mol. The standard InChI is InChI=1S/C15H26N4S.HI/c1-10-6-11(2)9-19(8-10)15(16-5)17-7-14-18-12(3)13(4)20-14;/h10-11H,6-9H2,1-5H3,(H,16,17);1H. The third-order valence-corrected chi connectivity index (χ3v) is 4.92. The number of rotatable bonds is 2. The number of aryl methyl sites for hydroxylation is 2. The maximum Gasteiger partial charge on any atom is 0.194 e. The highest BCUT2D eigenvalue weighted by molar-refractivity contribution is 14.0. The lowest BCUT2D eigenvalue weighted by molar-refractivity contribution is 0.208. The summed E-state index contributed by atoms with van der Waals surface area (Å²) in [5, 5.41) is 4.60. The van der Waals surface area contributed by atoms with E-state index in [2.05, 4.69) is 47.9 Å². The van der Waals surface area contributed by atoms with Gasteiger partial charge in [0, 0.05) is 25.0 Å². The van der Waals surface area contributed by atoms with Gasteiger partial charge >= 0.3 is 0 Å². The molecule has 0 amide bonds. The number of hydrogen-bond donors (Lipinski definition) is 1.